The predicted molar refractivity (Wildman–Crippen MR) is 79.8 cm³/mol. The van der Waals surface area contributed by atoms with Crippen molar-refractivity contribution in [3.8, 4) is 22.6 Å². The molecule has 0 aliphatic heterocycles. The van der Waals surface area contributed by atoms with E-state index in [0.29, 0.717) is 17.1 Å². The summed E-state index contributed by atoms with van der Waals surface area (Å²) >= 11 is 0. The molecule has 0 aliphatic carbocycles. The zero-order valence-electron chi connectivity index (χ0n) is 12.2. The van der Waals surface area contributed by atoms with Crippen LogP contribution in [0.15, 0.2) is 30.3 Å². The molecule has 0 aromatic heterocycles. The van der Waals surface area contributed by atoms with Crippen molar-refractivity contribution >= 4 is 6.29 Å². The van der Waals surface area contributed by atoms with Crippen LogP contribution < -0.4 is 9.47 Å². The second kappa shape index (κ2) is 5.78. The lowest BCUT2D eigenvalue weighted by molar-refractivity contribution is 0.112. The standard InChI is InChI=1S/C17H18O3/c1-11-5-6-14(12(2)7-11)15-9-17(20-4)16(19-3)8-13(15)10-18/h5-10H,1-4H3. The van der Waals surface area contributed by atoms with Gasteiger partial charge in [-0.05, 0) is 42.7 Å². The molecule has 0 radical (unpaired) electrons. The monoisotopic (exact) mass is 270 g/mol. The van der Waals surface area contributed by atoms with Gasteiger partial charge in [-0.25, -0.2) is 0 Å². The highest BCUT2D eigenvalue weighted by Gasteiger charge is 2.13. The van der Waals surface area contributed by atoms with E-state index in [-0.39, 0.29) is 0 Å². The lowest BCUT2D eigenvalue weighted by atomic mass is 9.94. The smallest absolute Gasteiger partial charge is 0.161 e. The van der Waals surface area contributed by atoms with Gasteiger partial charge in [0.15, 0.2) is 17.8 Å². The van der Waals surface area contributed by atoms with Crippen LogP contribution in [0.2, 0.25) is 0 Å². The fourth-order valence-corrected chi connectivity index (χ4v) is 2.34. The fourth-order valence-electron chi connectivity index (χ4n) is 2.34. The van der Waals surface area contributed by atoms with E-state index >= 15 is 0 Å². The summed E-state index contributed by atoms with van der Waals surface area (Å²) in [5.74, 6) is 1.18. The van der Waals surface area contributed by atoms with Gasteiger partial charge in [0.05, 0.1) is 14.2 Å². The van der Waals surface area contributed by atoms with Crippen LogP contribution in [0.4, 0.5) is 0 Å². The fraction of sp³-hybridized carbons (Fsp3) is 0.235. The van der Waals surface area contributed by atoms with Crippen LogP contribution in [-0.2, 0) is 0 Å². The summed E-state index contributed by atoms with van der Waals surface area (Å²) in [4.78, 5) is 11.4. The molecule has 0 aliphatic rings. The molecule has 0 atom stereocenters. The van der Waals surface area contributed by atoms with Crippen molar-refractivity contribution in [1.82, 2.24) is 0 Å². The topological polar surface area (TPSA) is 35.5 Å². The van der Waals surface area contributed by atoms with E-state index in [4.69, 9.17) is 9.47 Å². The maximum Gasteiger partial charge on any atom is 0.161 e. The summed E-state index contributed by atoms with van der Waals surface area (Å²) < 4.78 is 10.6. The first-order valence-corrected chi connectivity index (χ1v) is 6.39. The summed E-state index contributed by atoms with van der Waals surface area (Å²) in [6, 6.07) is 9.72. The largest absolute Gasteiger partial charge is 0.493 e. The Morgan fingerprint density at radius 2 is 1.55 bits per heavy atom. The van der Waals surface area contributed by atoms with Crippen molar-refractivity contribution in [2.75, 3.05) is 14.2 Å². The molecule has 3 heteroatoms. The van der Waals surface area contributed by atoms with E-state index in [1.165, 1.54) is 5.56 Å². The highest BCUT2D eigenvalue weighted by atomic mass is 16.5. The highest BCUT2D eigenvalue weighted by molar-refractivity contribution is 5.90. The van der Waals surface area contributed by atoms with Gasteiger partial charge in [-0.3, -0.25) is 4.79 Å². The minimum absolute atomic E-state index is 0.558. The summed E-state index contributed by atoms with van der Waals surface area (Å²) in [6.07, 6.45) is 0.844. The Hall–Kier alpha value is -2.29. The number of methoxy groups -OCH3 is 2. The average molecular weight is 270 g/mol. The van der Waals surface area contributed by atoms with E-state index in [9.17, 15) is 4.79 Å². The van der Waals surface area contributed by atoms with Crippen LogP contribution >= 0.6 is 0 Å². The normalized spacial score (nSPS) is 10.2. The van der Waals surface area contributed by atoms with Gasteiger partial charge in [-0.1, -0.05) is 23.8 Å². The lowest BCUT2D eigenvalue weighted by Crippen LogP contribution is -1.96. The zero-order chi connectivity index (χ0) is 14.7. The molecule has 0 fully saturated rings. The number of hydrogen-bond acceptors (Lipinski definition) is 3. The minimum Gasteiger partial charge on any atom is -0.493 e. The average Bonchev–Trinajstić information content (AvgIpc) is 2.46. The third kappa shape index (κ3) is 2.52. The predicted octanol–water partition coefficient (Wildman–Crippen LogP) is 3.80. The lowest BCUT2D eigenvalue weighted by Gasteiger charge is -2.14. The molecule has 104 valence electrons. The third-order valence-electron chi connectivity index (χ3n) is 3.35. The summed E-state index contributed by atoms with van der Waals surface area (Å²) in [7, 11) is 3.15. The Kier molecular flexibility index (Phi) is 4.08. The van der Waals surface area contributed by atoms with Crippen molar-refractivity contribution in [3.63, 3.8) is 0 Å². The van der Waals surface area contributed by atoms with Crippen molar-refractivity contribution in [2.24, 2.45) is 0 Å². The van der Waals surface area contributed by atoms with Gasteiger partial charge in [0.25, 0.3) is 0 Å². The van der Waals surface area contributed by atoms with E-state index in [1.54, 1.807) is 20.3 Å². The van der Waals surface area contributed by atoms with Gasteiger partial charge in [0.2, 0.25) is 0 Å². The number of aldehydes is 1. The third-order valence-corrected chi connectivity index (χ3v) is 3.35. The molecule has 0 saturated heterocycles. The Bertz CT molecular complexity index is 645. The van der Waals surface area contributed by atoms with Gasteiger partial charge >= 0.3 is 0 Å². The number of rotatable bonds is 4. The second-order valence-corrected chi connectivity index (χ2v) is 4.73. The molecule has 2 rings (SSSR count). The van der Waals surface area contributed by atoms with Gasteiger partial charge in [0.1, 0.15) is 0 Å². The molecule has 0 spiro atoms. The minimum atomic E-state index is 0.558. The molecule has 3 nitrogen and oxygen atoms in total. The molecular weight excluding hydrogens is 252 g/mol. The Balaban J connectivity index is 2.68. The van der Waals surface area contributed by atoms with Crippen LogP contribution in [0.3, 0.4) is 0 Å². The van der Waals surface area contributed by atoms with Gasteiger partial charge in [-0.15, -0.1) is 0 Å². The summed E-state index contributed by atoms with van der Waals surface area (Å²) in [6.45, 7) is 4.08. The molecule has 0 amide bonds. The molecule has 2 aromatic carbocycles. The molecule has 0 N–H and O–H groups in total. The highest BCUT2D eigenvalue weighted by Crippen LogP contribution is 2.36. The first kappa shape index (κ1) is 14.1. The van der Waals surface area contributed by atoms with Crippen molar-refractivity contribution in [1.29, 1.82) is 0 Å². The van der Waals surface area contributed by atoms with Crippen LogP contribution in [0.5, 0.6) is 11.5 Å². The first-order chi connectivity index (χ1) is 9.60. The van der Waals surface area contributed by atoms with Gasteiger partial charge in [-0.2, -0.15) is 0 Å². The number of benzene rings is 2. The Morgan fingerprint density at radius 1 is 0.900 bits per heavy atom. The van der Waals surface area contributed by atoms with E-state index in [1.807, 2.05) is 32.0 Å². The van der Waals surface area contributed by atoms with Gasteiger partial charge in [0, 0.05) is 5.56 Å². The van der Waals surface area contributed by atoms with E-state index < -0.39 is 0 Å². The van der Waals surface area contributed by atoms with Crippen LogP contribution in [0.25, 0.3) is 11.1 Å². The van der Waals surface area contributed by atoms with Crippen LogP contribution in [0.1, 0.15) is 21.5 Å². The second-order valence-electron chi connectivity index (χ2n) is 4.73. The maximum atomic E-state index is 11.4. The Labute approximate surface area is 119 Å². The number of ether oxygens (including phenoxy) is 2. The van der Waals surface area contributed by atoms with Crippen molar-refractivity contribution in [3.05, 3.63) is 47.0 Å². The molecule has 0 bridgehead atoms. The summed E-state index contributed by atoms with van der Waals surface area (Å²) in [5, 5.41) is 0. The SMILES string of the molecule is COc1cc(C=O)c(-c2ccc(C)cc2C)cc1OC. The zero-order valence-corrected chi connectivity index (χ0v) is 12.2. The quantitative estimate of drug-likeness (QED) is 0.793. The molecular formula is C17H18O3. The number of carbonyl (C=O) groups is 1. The van der Waals surface area contributed by atoms with Crippen LogP contribution in [0, 0.1) is 13.8 Å². The van der Waals surface area contributed by atoms with Crippen LogP contribution in [-0.4, -0.2) is 20.5 Å². The van der Waals surface area contributed by atoms with E-state index in [0.717, 1.165) is 23.0 Å². The number of hydrogen-bond donors (Lipinski definition) is 0. The molecule has 0 heterocycles. The number of carbonyl (C=O) groups excluding carboxylic acids is 1. The molecule has 0 saturated carbocycles. The van der Waals surface area contributed by atoms with Gasteiger partial charge < -0.3 is 9.47 Å². The van der Waals surface area contributed by atoms with Crippen molar-refractivity contribution in [2.45, 2.75) is 13.8 Å². The first-order valence-electron chi connectivity index (χ1n) is 6.39. The molecule has 20 heavy (non-hydrogen) atoms. The Morgan fingerprint density at radius 3 is 2.10 bits per heavy atom. The molecule has 0 unspecified atom stereocenters. The maximum absolute atomic E-state index is 11.4. The van der Waals surface area contributed by atoms with Crippen molar-refractivity contribution < 1.29 is 14.3 Å². The van der Waals surface area contributed by atoms with E-state index in [2.05, 4.69) is 6.07 Å². The number of aryl methyl sites for hydroxylation is 2. The molecule has 2 aromatic rings. The summed E-state index contributed by atoms with van der Waals surface area (Å²) in [5.41, 5.74) is 4.79.